The van der Waals surface area contributed by atoms with Crippen LogP contribution in [0.1, 0.15) is 37.7 Å². The predicted octanol–water partition coefficient (Wildman–Crippen LogP) is 7.62. The lowest BCUT2D eigenvalue weighted by Crippen LogP contribution is -2.09. The standard InChI is InChI=1S/C30H21N3O4S2/c1-2-36-30(35)21-12-10-19(11-13-21)24-15-14-23(37-24)17-22(18-31)28-32-26(20-7-4-3-5-8-20)29(39-28)33-27(34)25-9-6-16-38-25/h3-17H,2H2,1H3,(H,33,34). The van der Waals surface area contributed by atoms with Crippen molar-refractivity contribution in [2.24, 2.45) is 0 Å². The van der Waals surface area contributed by atoms with Gasteiger partial charge in [-0.15, -0.1) is 11.3 Å². The molecule has 5 rings (SSSR count). The molecule has 1 N–H and O–H groups in total. The summed E-state index contributed by atoms with van der Waals surface area (Å²) in [4.78, 5) is 30.0. The molecule has 0 aliphatic rings. The van der Waals surface area contributed by atoms with Crippen LogP contribution in [-0.4, -0.2) is 23.5 Å². The number of hydrogen-bond donors (Lipinski definition) is 1. The minimum atomic E-state index is -0.380. The fraction of sp³-hybridized carbons (Fsp3) is 0.0667. The van der Waals surface area contributed by atoms with Gasteiger partial charge in [0.1, 0.15) is 33.3 Å². The first-order valence-electron chi connectivity index (χ1n) is 12.0. The van der Waals surface area contributed by atoms with Gasteiger partial charge < -0.3 is 14.5 Å². The van der Waals surface area contributed by atoms with Gasteiger partial charge in [0.15, 0.2) is 0 Å². The highest BCUT2D eigenvalue weighted by molar-refractivity contribution is 7.18. The largest absolute Gasteiger partial charge is 0.462 e. The zero-order valence-electron chi connectivity index (χ0n) is 20.7. The molecule has 0 aliphatic carbocycles. The Morgan fingerprint density at radius 3 is 2.51 bits per heavy atom. The number of esters is 1. The summed E-state index contributed by atoms with van der Waals surface area (Å²) in [5, 5.41) is 15.8. The molecule has 0 saturated heterocycles. The normalized spacial score (nSPS) is 11.1. The van der Waals surface area contributed by atoms with Crippen LogP contribution >= 0.6 is 22.7 Å². The van der Waals surface area contributed by atoms with Crippen LogP contribution in [0.2, 0.25) is 0 Å². The van der Waals surface area contributed by atoms with Crippen molar-refractivity contribution in [1.82, 2.24) is 4.98 Å². The zero-order chi connectivity index (χ0) is 27.2. The highest BCUT2D eigenvalue weighted by Crippen LogP contribution is 2.37. The van der Waals surface area contributed by atoms with E-state index in [9.17, 15) is 14.9 Å². The highest BCUT2D eigenvalue weighted by Gasteiger charge is 2.19. The Hall–Kier alpha value is -4.78. The number of rotatable bonds is 8. The Labute approximate surface area is 232 Å². The van der Waals surface area contributed by atoms with E-state index in [1.54, 1.807) is 55.5 Å². The van der Waals surface area contributed by atoms with Crippen molar-refractivity contribution in [2.45, 2.75) is 6.92 Å². The second-order valence-corrected chi connectivity index (χ2v) is 10.1. The lowest BCUT2D eigenvalue weighted by molar-refractivity contribution is 0.0526. The molecule has 39 heavy (non-hydrogen) atoms. The topological polar surface area (TPSA) is 105 Å². The summed E-state index contributed by atoms with van der Waals surface area (Å²) >= 11 is 2.58. The summed E-state index contributed by atoms with van der Waals surface area (Å²) in [5.41, 5.74) is 2.94. The van der Waals surface area contributed by atoms with Gasteiger partial charge in [-0.2, -0.15) is 5.26 Å². The molecular weight excluding hydrogens is 530 g/mol. The van der Waals surface area contributed by atoms with E-state index in [4.69, 9.17) is 14.1 Å². The van der Waals surface area contributed by atoms with E-state index in [0.29, 0.717) is 49.8 Å². The fourth-order valence-electron chi connectivity index (χ4n) is 3.74. The first-order valence-corrected chi connectivity index (χ1v) is 13.7. The van der Waals surface area contributed by atoms with Crippen molar-refractivity contribution in [3.8, 4) is 28.7 Å². The molecule has 9 heteroatoms. The number of thiophene rings is 1. The van der Waals surface area contributed by atoms with Crippen LogP contribution < -0.4 is 5.32 Å². The highest BCUT2D eigenvalue weighted by atomic mass is 32.1. The summed E-state index contributed by atoms with van der Waals surface area (Å²) < 4.78 is 11.0. The number of thiazole rings is 1. The zero-order valence-corrected chi connectivity index (χ0v) is 22.3. The number of nitriles is 1. The number of nitrogens with one attached hydrogen (secondary N) is 1. The number of aromatic nitrogens is 1. The summed E-state index contributed by atoms with van der Waals surface area (Å²) in [6.45, 7) is 2.07. The van der Waals surface area contributed by atoms with Crippen LogP contribution in [0.15, 0.2) is 88.7 Å². The number of ether oxygens (including phenoxy) is 1. The second kappa shape index (κ2) is 11.7. The van der Waals surface area contributed by atoms with Gasteiger partial charge in [0.2, 0.25) is 0 Å². The van der Waals surface area contributed by atoms with Gasteiger partial charge in [-0.1, -0.05) is 59.9 Å². The van der Waals surface area contributed by atoms with E-state index in [1.807, 2.05) is 41.8 Å². The van der Waals surface area contributed by atoms with E-state index in [0.717, 1.165) is 11.1 Å². The molecule has 7 nitrogen and oxygen atoms in total. The van der Waals surface area contributed by atoms with Crippen LogP contribution in [0.3, 0.4) is 0 Å². The quantitative estimate of drug-likeness (QED) is 0.157. The SMILES string of the molecule is CCOC(=O)c1ccc(-c2ccc(C=C(C#N)c3nc(-c4ccccc4)c(NC(=O)c4cccs4)s3)o2)cc1. The average molecular weight is 552 g/mol. The monoisotopic (exact) mass is 551 g/mol. The molecule has 0 bridgehead atoms. The van der Waals surface area contributed by atoms with Crippen molar-refractivity contribution in [2.75, 3.05) is 11.9 Å². The van der Waals surface area contributed by atoms with E-state index in [2.05, 4.69) is 11.4 Å². The maximum Gasteiger partial charge on any atom is 0.338 e. The van der Waals surface area contributed by atoms with Crippen molar-refractivity contribution < 1.29 is 18.7 Å². The molecule has 3 aromatic heterocycles. The number of carbonyl (C=O) groups is 2. The van der Waals surface area contributed by atoms with E-state index in [-0.39, 0.29) is 11.9 Å². The van der Waals surface area contributed by atoms with Crippen molar-refractivity contribution in [1.29, 1.82) is 5.26 Å². The number of hydrogen-bond acceptors (Lipinski definition) is 8. The molecule has 3 heterocycles. The number of anilines is 1. The third-order valence-corrected chi connectivity index (χ3v) is 7.46. The molecule has 0 saturated carbocycles. The van der Waals surface area contributed by atoms with Crippen LogP contribution in [0.4, 0.5) is 5.00 Å². The molecule has 2 aromatic carbocycles. The van der Waals surface area contributed by atoms with Gasteiger partial charge in [-0.25, -0.2) is 9.78 Å². The van der Waals surface area contributed by atoms with Gasteiger partial charge >= 0.3 is 5.97 Å². The first-order chi connectivity index (χ1) is 19.1. The van der Waals surface area contributed by atoms with Crippen LogP contribution in [-0.2, 0) is 4.74 Å². The molecule has 0 radical (unpaired) electrons. The molecular formula is C30H21N3O4S2. The molecule has 1 amide bonds. The van der Waals surface area contributed by atoms with Crippen LogP contribution in [0, 0.1) is 11.3 Å². The third kappa shape index (κ3) is 5.88. The van der Waals surface area contributed by atoms with E-state index >= 15 is 0 Å². The summed E-state index contributed by atoms with van der Waals surface area (Å²) in [5.74, 6) is 0.443. The van der Waals surface area contributed by atoms with Gasteiger partial charge in [-0.3, -0.25) is 4.79 Å². The minimum Gasteiger partial charge on any atom is -0.462 e. The average Bonchev–Trinajstić information content (AvgIpc) is 3.74. The number of benzene rings is 2. The fourth-order valence-corrected chi connectivity index (χ4v) is 5.31. The Morgan fingerprint density at radius 1 is 1.03 bits per heavy atom. The number of amides is 1. The van der Waals surface area contributed by atoms with Gasteiger partial charge in [0.05, 0.1) is 22.6 Å². The molecule has 0 aliphatic heterocycles. The molecule has 0 spiro atoms. The summed E-state index contributed by atoms with van der Waals surface area (Å²) in [7, 11) is 0. The smallest absolute Gasteiger partial charge is 0.338 e. The summed E-state index contributed by atoms with van der Waals surface area (Å²) in [6, 6.07) is 25.7. The summed E-state index contributed by atoms with van der Waals surface area (Å²) in [6.07, 6.45) is 1.62. The maximum atomic E-state index is 12.8. The Morgan fingerprint density at radius 2 is 1.82 bits per heavy atom. The van der Waals surface area contributed by atoms with Crippen molar-refractivity contribution >= 4 is 51.2 Å². The van der Waals surface area contributed by atoms with E-state index < -0.39 is 0 Å². The molecule has 192 valence electrons. The molecule has 5 aromatic rings. The van der Waals surface area contributed by atoms with E-state index in [1.165, 1.54) is 22.7 Å². The second-order valence-electron chi connectivity index (χ2n) is 8.16. The van der Waals surface area contributed by atoms with Crippen LogP contribution in [0.5, 0.6) is 0 Å². The Balaban J connectivity index is 1.44. The third-order valence-electron chi connectivity index (χ3n) is 5.59. The van der Waals surface area contributed by atoms with Crippen LogP contribution in [0.25, 0.3) is 34.2 Å². The lowest BCUT2D eigenvalue weighted by Gasteiger charge is -2.03. The van der Waals surface area contributed by atoms with Gasteiger partial charge in [-0.05, 0) is 42.6 Å². The Kier molecular flexibility index (Phi) is 7.78. The number of allylic oxidation sites excluding steroid dienone is 1. The minimum absolute atomic E-state index is 0.232. The molecule has 0 unspecified atom stereocenters. The van der Waals surface area contributed by atoms with Gasteiger partial charge in [0, 0.05) is 17.2 Å². The number of nitrogens with zero attached hydrogens (tertiary/aromatic N) is 2. The molecule has 0 atom stereocenters. The maximum absolute atomic E-state index is 12.8. The number of carbonyl (C=O) groups excluding carboxylic acids is 2. The van der Waals surface area contributed by atoms with Crippen molar-refractivity contribution in [3.63, 3.8) is 0 Å². The lowest BCUT2D eigenvalue weighted by atomic mass is 10.1. The molecule has 0 fully saturated rings. The van der Waals surface area contributed by atoms with Crippen molar-refractivity contribution in [3.05, 3.63) is 105 Å². The first kappa shape index (κ1) is 25.9. The number of furan rings is 1. The van der Waals surface area contributed by atoms with Gasteiger partial charge in [0.25, 0.3) is 5.91 Å². The Bertz CT molecular complexity index is 1680. The predicted molar refractivity (Wildman–Crippen MR) is 153 cm³/mol.